The predicted octanol–water partition coefficient (Wildman–Crippen LogP) is 3.45. The zero-order valence-corrected chi connectivity index (χ0v) is 19.4. The molecule has 0 heterocycles. The van der Waals surface area contributed by atoms with Crippen molar-refractivity contribution in [1.82, 2.24) is 4.31 Å². The molecule has 0 saturated heterocycles. The Labute approximate surface area is 187 Å². The number of para-hydroxylation sites is 1. The lowest BCUT2D eigenvalue weighted by Gasteiger charge is -2.20. The first kappa shape index (κ1) is 24.6. The number of sulfonamides is 1. The third kappa shape index (κ3) is 5.55. The molecule has 168 valence electrons. The maximum atomic E-state index is 12.7. The number of hydrogen-bond acceptors (Lipinski definition) is 6. The molecule has 0 fully saturated rings. The second-order valence-electron chi connectivity index (χ2n) is 6.80. The fourth-order valence-electron chi connectivity index (χ4n) is 2.84. The van der Waals surface area contributed by atoms with Gasteiger partial charge < -0.3 is 15.8 Å². The number of benzene rings is 2. The number of anilines is 2. The number of amides is 1. The molecule has 3 N–H and O–H groups in total. The van der Waals surface area contributed by atoms with Crippen LogP contribution >= 0.6 is 11.6 Å². The van der Waals surface area contributed by atoms with Crippen LogP contribution in [0.1, 0.15) is 36.7 Å². The van der Waals surface area contributed by atoms with Gasteiger partial charge in [-0.2, -0.15) is 4.31 Å². The second kappa shape index (κ2) is 10.1. The number of nitrogen functional groups attached to an aromatic ring is 1. The topological polar surface area (TPSA) is 119 Å². The molecule has 2 aromatic carbocycles. The van der Waals surface area contributed by atoms with Crippen molar-refractivity contribution in [2.45, 2.75) is 38.7 Å². The first-order chi connectivity index (χ1) is 14.5. The van der Waals surface area contributed by atoms with Gasteiger partial charge in [-0.25, -0.2) is 13.2 Å². The molecule has 0 aromatic heterocycles. The van der Waals surface area contributed by atoms with Gasteiger partial charge in [0.2, 0.25) is 10.0 Å². The molecule has 2 aromatic rings. The Morgan fingerprint density at radius 2 is 1.84 bits per heavy atom. The maximum Gasteiger partial charge on any atom is 0.341 e. The minimum Gasteiger partial charge on any atom is -0.449 e. The van der Waals surface area contributed by atoms with Gasteiger partial charge in [0.05, 0.1) is 21.2 Å². The van der Waals surface area contributed by atoms with Crippen molar-refractivity contribution >= 4 is 44.9 Å². The van der Waals surface area contributed by atoms with Crippen LogP contribution < -0.4 is 11.1 Å². The number of halogens is 1. The van der Waals surface area contributed by atoms with Gasteiger partial charge in [0, 0.05) is 18.8 Å². The van der Waals surface area contributed by atoms with Crippen LogP contribution in [-0.2, 0) is 19.6 Å². The van der Waals surface area contributed by atoms with E-state index >= 15 is 0 Å². The van der Waals surface area contributed by atoms with Crippen molar-refractivity contribution in [1.29, 1.82) is 0 Å². The Morgan fingerprint density at radius 1 is 1.19 bits per heavy atom. The monoisotopic (exact) mass is 467 g/mol. The number of nitrogens with two attached hydrogens (primary N) is 1. The fraction of sp³-hybridized carbons (Fsp3) is 0.333. The van der Waals surface area contributed by atoms with Gasteiger partial charge in [0.1, 0.15) is 0 Å². The number of ether oxygens (including phenoxy) is 1. The zero-order valence-electron chi connectivity index (χ0n) is 17.8. The summed E-state index contributed by atoms with van der Waals surface area (Å²) in [6.45, 7) is 7.22. The Morgan fingerprint density at radius 3 is 2.45 bits per heavy atom. The predicted molar refractivity (Wildman–Crippen MR) is 121 cm³/mol. The molecular formula is C21H26ClN3O5S. The van der Waals surface area contributed by atoms with Gasteiger partial charge in [0.15, 0.2) is 6.10 Å². The number of esters is 1. The van der Waals surface area contributed by atoms with E-state index in [9.17, 15) is 18.0 Å². The van der Waals surface area contributed by atoms with Crippen molar-refractivity contribution in [3.8, 4) is 0 Å². The molecule has 0 spiro atoms. The smallest absolute Gasteiger partial charge is 0.341 e. The number of rotatable bonds is 8. The number of nitrogens with zero attached hydrogens (tertiary/aromatic N) is 1. The van der Waals surface area contributed by atoms with Crippen molar-refractivity contribution in [3.63, 3.8) is 0 Å². The van der Waals surface area contributed by atoms with E-state index in [1.165, 1.54) is 35.5 Å². The van der Waals surface area contributed by atoms with Gasteiger partial charge in [-0.3, -0.25) is 4.79 Å². The minimum absolute atomic E-state index is 0.00641. The SMILES string of the molecule is CCN(CC)S(=O)(=O)c1ccc(Cl)c(NC(=O)C(C)OC(=O)c2cccc(C)c2N)c1. The molecule has 10 heteroatoms. The number of aryl methyl sites for hydroxylation is 1. The molecule has 0 saturated carbocycles. The summed E-state index contributed by atoms with van der Waals surface area (Å²) in [5.41, 5.74) is 7.14. The standard InChI is InChI=1S/C21H26ClN3O5S/c1-5-25(6-2)31(28,29)15-10-11-17(22)18(12-15)24-20(26)14(4)30-21(27)16-9-7-8-13(3)19(16)23/h7-12,14H,5-6,23H2,1-4H3,(H,24,26). The van der Waals surface area contributed by atoms with Crippen LogP contribution in [0.4, 0.5) is 11.4 Å². The highest BCUT2D eigenvalue weighted by molar-refractivity contribution is 7.89. The van der Waals surface area contributed by atoms with Crippen LogP contribution in [0.3, 0.4) is 0 Å². The molecular weight excluding hydrogens is 442 g/mol. The van der Waals surface area contributed by atoms with E-state index in [1.54, 1.807) is 32.9 Å². The zero-order chi connectivity index (χ0) is 23.3. The van der Waals surface area contributed by atoms with Crippen LogP contribution in [0.5, 0.6) is 0 Å². The van der Waals surface area contributed by atoms with Gasteiger partial charge in [-0.15, -0.1) is 0 Å². The summed E-state index contributed by atoms with van der Waals surface area (Å²) in [5.74, 6) is -1.41. The number of carbonyl (C=O) groups excluding carboxylic acids is 2. The highest BCUT2D eigenvalue weighted by Gasteiger charge is 2.25. The van der Waals surface area contributed by atoms with Crippen LogP contribution in [0, 0.1) is 6.92 Å². The fourth-order valence-corrected chi connectivity index (χ4v) is 4.49. The maximum absolute atomic E-state index is 12.7. The Hall–Kier alpha value is -2.62. The summed E-state index contributed by atoms with van der Waals surface area (Å²) in [4.78, 5) is 24.9. The number of hydrogen-bond donors (Lipinski definition) is 2. The average molecular weight is 468 g/mol. The van der Waals surface area contributed by atoms with Gasteiger partial charge in [-0.1, -0.05) is 37.6 Å². The summed E-state index contributed by atoms with van der Waals surface area (Å²) in [6, 6.07) is 8.96. The molecule has 0 aliphatic carbocycles. The summed E-state index contributed by atoms with van der Waals surface area (Å²) in [6.07, 6.45) is -1.17. The van der Waals surface area contributed by atoms with E-state index in [0.29, 0.717) is 18.7 Å². The van der Waals surface area contributed by atoms with E-state index in [1.807, 2.05) is 0 Å². The Kier molecular flexibility index (Phi) is 8.05. The highest BCUT2D eigenvalue weighted by Crippen LogP contribution is 2.27. The lowest BCUT2D eigenvalue weighted by atomic mass is 10.1. The van der Waals surface area contributed by atoms with Crippen LogP contribution in [-0.4, -0.2) is 43.8 Å². The molecule has 0 aliphatic rings. The molecule has 1 unspecified atom stereocenters. The van der Waals surface area contributed by atoms with Crippen molar-refractivity contribution in [2.24, 2.45) is 0 Å². The molecule has 0 radical (unpaired) electrons. The van der Waals surface area contributed by atoms with Crippen molar-refractivity contribution < 1.29 is 22.7 Å². The van der Waals surface area contributed by atoms with E-state index in [0.717, 1.165) is 0 Å². The average Bonchev–Trinajstić information content (AvgIpc) is 2.71. The molecule has 8 nitrogen and oxygen atoms in total. The largest absolute Gasteiger partial charge is 0.449 e. The van der Waals surface area contributed by atoms with Crippen molar-refractivity contribution in [3.05, 3.63) is 52.5 Å². The highest BCUT2D eigenvalue weighted by atomic mass is 35.5. The summed E-state index contributed by atoms with van der Waals surface area (Å²) in [5, 5.41) is 2.66. The third-order valence-electron chi connectivity index (χ3n) is 4.74. The van der Waals surface area contributed by atoms with Gasteiger partial charge in [-0.05, 0) is 43.7 Å². The molecule has 0 bridgehead atoms. The number of carbonyl (C=O) groups is 2. The van der Waals surface area contributed by atoms with E-state index < -0.39 is 28.0 Å². The van der Waals surface area contributed by atoms with Crippen LogP contribution in [0.2, 0.25) is 5.02 Å². The summed E-state index contributed by atoms with van der Waals surface area (Å²) < 4.78 is 32.0. The number of nitrogens with one attached hydrogen (secondary N) is 1. The van der Waals surface area contributed by atoms with E-state index in [4.69, 9.17) is 22.1 Å². The quantitative estimate of drug-likeness (QED) is 0.453. The first-order valence-corrected chi connectivity index (χ1v) is 11.5. The summed E-state index contributed by atoms with van der Waals surface area (Å²) >= 11 is 6.13. The molecule has 1 atom stereocenters. The second-order valence-corrected chi connectivity index (χ2v) is 9.15. The minimum atomic E-state index is -3.74. The Balaban J connectivity index is 2.19. The van der Waals surface area contributed by atoms with Crippen LogP contribution in [0.15, 0.2) is 41.3 Å². The van der Waals surface area contributed by atoms with Gasteiger partial charge in [0.25, 0.3) is 5.91 Å². The first-order valence-electron chi connectivity index (χ1n) is 9.69. The lowest BCUT2D eigenvalue weighted by molar-refractivity contribution is -0.123. The molecule has 1 amide bonds. The molecule has 31 heavy (non-hydrogen) atoms. The summed E-state index contributed by atoms with van der Waals surface area (Å²) in [7, 11) is -3.74. The van der Waals surface area contributed by atoms with Gasteiger partial charge >= 0.3 is 5.97 Å². The normalized spacial score (nSPS) is 12.5. The van der Waals surface area contributed by atoms with E-state index in [2.05, 4.69) is 5.32 Å². The van der Waals surface area contributed by atoms with Crippen LogP contribution in [0.25, 0.3) is 0 Å². The molecule has 0 aliphatic heterocycles. The lowest BCUT2D eigenvalue weighted by Crippen LogP contribution is -2.31. The third-order valence-corrected chi connectivity index (χ3v) is 7.11. The van der Waals surface area contributed by atoms with Crippen molar-refractivity contribution in [2.75, 3.05) is 24.1 Å². The van der Waals surface area contributed by atoms with E-state index in [-0.39, 0.29) is 26.9 Å². The molecule has 2 rings (SSSR count). The Bertz CT molecular complexity index is 1080.